The summed E-state index contributed by atoms with van der Waals surface area (Å²) in [6, 6.07) is 0. The molecular weight excluding hydrogens is 1210 g/mol. The SMILES string of the molecule is CCCCCC/C=C\C=C/CCCCCCCC(=O)O[C@H](COC(=O)CCCCCCCCCCCCCCCCC)COP(=O)(O)OC[C@@H](O)COP(=O)(O)OC[C@@H](COC(=O)CCCCCCCCC(C)C)OC(=O)CCCCCCCCCCCCC(C)C. The van der Waals surface area contributed by atoms with Gasteiger partial charge >= 0.3 is 39.5 Å². The van der Waals surface area contributed by atoms with E-state index in [1.165, 1.54) is 148 Å². The smallest absolute Gasteiger partial charge is 0.462 e. The van der Waals surface area contributed by atoms with E-state index in [1.807, 2.05) is 0 Å². The van der Waals surface area contributed by atoms with Crippen LogP contribution in [-0.4, -0.2) is 96.7 Å². The molecule has 0 saturated carbocycles. The summed E-state index contributed by atoms with van der Waals surface area (Å²) in [7, 11) is -9.92. The number of hydrogen-bond donors (Lipinski definition) is 3. The van der Waals surface area contributed by atoms with Gasteiger partial charge in [-0.15, -0.1) is 0 Å². The zero-order valence-electron chi connectivity index (χ0n) is 59.3. The van der Waals surface area contributed by atoms with Gasteiger partial charge in [-0.1, -0.05) is 297 Å². The van der Waals surface area contributed by atoms with Crippen molar-refractivity contribution in [1.29, 1.82) is 0 Å². The number of aliphatic hydroxyl groups is 1. The highest BCUT2D eigenvalue weighted by atomic mass is 31.2. The monoisotopic (exact) mass is 1350 g/mol. The normalized spacial score (nSPS) is 14.2. The lowest BCUT2D eigenvalue weighted by atomic mass is 10.0. The van der Waals surface area contributed by atoms with Crippen molar-refractivity contribution in [3.8, 4) is 0 Å². The van der Waals surface area contributed by atoms with E-state index < -0.39 is 97.5 Å². The minimum absolute atomic E-state index is 0.0852. The van der Waals surface area contributed by atoms with Crippen LogP contribution in [0.3, 0.4) is 0 Å². The van der Waals surface area contributed by atoms with Crippen LogP contribution in [0, 0.1) is 11.8 Å². The van der Waals surface area contributed by atoms with E-state index in [0.29, 0.717) is 31.6 Å². The summed E-state index contributed by atoms with van der Waals surface area (Å²) in [5, 5.41) is 10.6. The minimum Gasteiger partial charge on any atom is -0.462 e. The molecule has 0 amide bonds. The Morgan fingerprint density at radius 2 is 0.587 bits per heavy atom. The van der Waals surface area contributed by atoms with E-state index in [0.717, 1.165) is 115 Å². The molecule has 0 heterocycles. The quantitative estimate of drug-likeness (QED) is 0.0169. The average molecular weight is 1350 g/mol. The second kappa shape index (κ2) is 64.5. The van der Waals surface area contributed by atoms with Crippen LogP contribution in [0.25, 0.3) is 0 Å². The summed E-state index contributed by atoms with van der Waals surface area (Å²) in [4.78, 5) is 72.6. The Bertz CT molecular complexity index is 1880. The van der Waals surface area contributed by atoms with Crippen molar-refractivity contribution >= 4 is 39.5 Å². The topological polar surface area (TPSA) is 237 Å². The molecule has 19 heteroatoms. The van der Waals surface area contributed by atoms with Crippen LogP contribution in [-0.2, 0) is 65.4 Å². The van der Waals surface area contributed by atoms with Crippen molar-refractivity contribution in [3.63, 3.8) is 0 Å². The van der Waals surface area contributed by atoms with Crippen molar-refractivity contribution in [1.82, 2.24) is 0 Å². The summed E-state index contributed by atoms with van der Waals surface area (Å²) in [5.41, 5.74) is 0. The van der Waals surface area contributed by atoms with Crippen LogP contribution in [0.2, 0.25) is 0 Å². The number of carbonyl (C=O) groups excluding carboxylic acids is 4. The van der Waals surface area contributed by atoms with Gasteiger partial charge < -0.3 is 33.8 Å². The maximum absolute atomic E-state index is 13.0. The summed E-state index contributed by atoms with van der Waals surface area (Å²) in [6.45, 7) is 9.41. The molecule has 0 radical (unpaired) electrons. The number of phosphoric acid groups is 2. The zero-order chi connectivity index (χ0) is 67.9. The van der Waals surface area contributed by atoms with Crippen molar-refractivity contribution in [2.75, 3.05) is 39.6 Å². The molecule has 0 aromatic rings. The van der Waals surface area contributed by atoms with Crippen molar-refractivity contribution < 1.29 is 80.2 Å². The van der Waals surface area contributed by atoms with E-state index in [-0.39, 0.29) is 25.7 Å². The molecule has 2 unspecified atom stereocenters. The van der Waals surface area contributed by atoms with Crippen LogP contribution >= 0.6 is 15.6 Å². The first-order valence-electron chi connectivity index (χ1n) is 37.3. The highest BCUT2D eigenvalue weighted by Crippen LogP contribution is 2.45. The molecule has 0 fully saturated rings. The maximum atomic E-state index is 13.0. The molecule has 92 heavy (non-hydrogen) atoms. The Labute approximate surface area is 561 Å². The van der Waals surface area contributed by atoms with Crippen LogP contribution in [0.4, 0.5) is 0 Å². The molecule has 0 aromatic heterocycles. The lowest BCUT2D eigenvalue weighted by molar-refractivity contribution is -0.161. The maximum Gasteiger partial charge on any atom is 0.472 e. The van der Waals surface area contributed by atoms with Crippen LogP contribution in [0.15, 0.2) is 24.3 Å². The number of esters is 4. The fraction of sp³-hybridized carbons (Fsp3) is 0.890. The first kappa shape index (κ1) is 89.5. The zero-order valence-corrected chi connectivity index (χ0v) is 61.1. The van der Waals surface area contributed by atoms with Gasteiger partial charge in [0.05, 0.1) is 26.4 Å². The van der Waals surface area contributed by atoms with Gasteiger partial charge in [-0.2, -0.15) is 0 Å². The van der Waals surface area contributed by atoms with Gasteiger partial charge in [0, 0.05) is 25.7 Å². The Hall–Kier alpha value is -2.46. The van der Waals surface area contributed by atoms with Crippen LogP contribution in [0.1, 0.15) is 350 Å². The van der Waals surface area contributed by atoms with Gasteiger partial charge in [0.25, 0.3) is 0 Å². The number of phosphoric ester groups is 2. The Morgan fingerprint density at radius 3 is 0.891 bits per heavy atom. The highest BCUT2D eigenvalue weighted by molar-refractivity contribution is 7.47. The molecule has 0 aliphatic heterocycles. The average Bonchev–Trinajstić information content (AvgIpc) is 2.76. The minimum atomic E-state index is -4.96. The van der Waals surface area contributed by atoms with Crippen LogP contribution in [0.5, 0.6) is 0 Å². The predicted octanol–water partition coefficient (Wildman–Crippen LogP) is 20.7. The van der Waals surface area contributed by atoms with Gasteiger partial charge in [0.1, 0.15) is 19.3 Å². The van der Waals surface area contributed by atoms with Gasteiger partial charge in [-0.05, 0) is 63.2 Å². The number of rotatable bonds is 70. The van der Waals surface area contributed by atoms with Crippen molar-refractivity contribution in [2.24, 2.45) is 11.8 Å². The van der Waals surface area contributed by atoms with Crippen molar-refractivity contribution in [2.45, 2.75) is 368 Å². The molecule has 0 aliphatic rings. The van der Waals surface area contributed by atoms with E-state index in [1.54, 1.807) is 0 Å². The Morgan fingerprint density at radius 1 is 0.337 bits per heavy atom. The number of unbranched alkanes of at least 4 members (excludes halogenated alkanes) is 37. The number of allylic oxidation sites excluding steroid dienone is 4. The highest BCUT2D eigenvalue weighted by Gasteiger charge is 2.30. The fourth-order valence-corrected chi connectivity index (χ4v) is 12.2. The van der Waals surface area contributed by atoms with Gasteiger partial charge in [-0.3, -0.25) is 37.3 Å². The molecular formula is C73H138O17P2. The lowest BCUT2D eigenvalue weighted by Crippen LogP contribution is -2.30. The lowest BCUT2D eigenvalue weighted by Gasteiger charge is -2.21. The molecule has 0 rings (SSSR count). The molecule has 5 atom stereocenters. The second-order valence-electron chi connectivity index (χ2n) is 26.6. The fourth-order valence-electron chi connectivity index (χ4n) is 10.6. The third-order valence-corrected chi connectivity index (χ3v) is 18.2. The molecule has 0 bridgehead atoms. The molecule has 17 nitrogen and oxygen atoms in total. The van der Waals surface area contributed by atoms with Gasteiger partial charge in [0.2, 0.25) is 0 Å². The first-order chi connectivity index (χ1) is 44.4. The third kappa shape index (κ3) is 66.2. The Balaban J connectivity index is 5.28. The number of hydrogen-bond acceptors (Lipinski definition) is 15. The standard InChI is InChI=1S/C73H138O17P2/c1-7-9-11-13-15-17-19-21-23-25-27-32-36-43-49-55-70(75)83-61-68(89-72(77)57-51-45-37-33-28-26-24-22-20-18-16-14-12-10-8-2)63-87-91(79,80)85-59-67(74)60-86-92(81,82)88-64-69(62-84-71(76)56-50-44-40-39-42-48-54-66(5)6)90-73(78)58-52-46-38-34-30-29-31-35-41-47-53-65(3)4/h18,20,22,24,65-69,74H,7-17,19,21,23,25-64H2,1-6H3,(H,79,80)(H,81,82)/b20-18-,24-22-/t67-,68-,69-/m1/s1. The van der Waals surface area contributed by atoms with E-state index in [9.17, 15) is 43.2 Å². The number of aliphatic hydroxyl groups excluding tert-OH is 1. The summed E-state index contributed by atoms with van der Waals surface area (Å²) in [5.74, 6) is -0.724. The first-order valence-corrected chi connectivity index (χ1v) is 40.3. The number of carbonyl (C=O) groups is 4. The van der Waals surface area contributed by atoms with E-state index in [4.69, 9.17) is 37.0 Å². The van der Waals surface area contributed by atoms with Gasteiger partial charge in [-0.25, -0.2) is 9.13 Å². The molecule has 0 aromatic carbocycles. The predicted molar refractivity (Wildman–Crippen MR) is 372 cm³/mol. The molecule has 3 N–H and O–H groups in total. The molecule has 0 spiro atoms. The van der Waals surface area contributed by atoms with E-state index >= 15 is 0 Å². The molecule has 0 saturated heterocycles. The summed E-state index contributed by atoms with van der Waals surface area (Å²) < 4.78 is 68.3. The summed E-state index contributed by atoms with van der Waals surface area (Å²) in [6.07, 6.45) is 53.6. The van der Waals surface area contributed by atoms with Crippen molar-refractivity contribution in [3.05, 3.63) is 24.3 Å². The largest absolute Gasteiger partial charge is 0.472 e. The summed E-state index contributed by atoms with van der Waals surface area (Å²) >= 11 is 0. The third-order valence-electron chi connectivity index (χ3n) is 16.3. The Kier molecular flexibility index (Phi) is 62.8. The molecule has 0 aliphatic carbocycles. The van der Waals surface area contributed by atoms with Gasteiger partial charge in [0.15, 0.2) is 12.2 Å². The van der Waals surface area contributed by atoms with Crippen LogP contribution < -0.4 is 0 Å². The number of ether oxygens (including phenoxy) is 4. The second-order valence-corrected chi connectivity index (χ2v) is 29.5. The molecule has 542 valence electrons. The van der Waals surface area contributed by atoms with E-state index in [2.05, 4.69) is 65.8 Å².